The Morgan fingerprint density at radius 3 is 2.67 bits per heavy atom. The molecule has 1 aliphatic heterocycles. The zero-order valence-corrected chi connectivity index (χ0v) is 19.8. The number of hydrogen-bond acceptors (Lipinski definition) is 6. The molecule has 0 saturated carbocycles. The van der Waals surface area contributed by atoms with Crippen LogP contribution in [-0.4, -0.2) is 40.3 Å². The van der Waals surface area contributed by atoms with Crippen molar-refractivity contribution in [1.29, 1.82) is 0 Å². The first kappa shape index (κ1) is 23.6. The van der Waals surface area contributed by atoms with Gasteiger partial charge in [-0.1, -0.05) is 29.8 Å². The second-order valence-corrected chi connectivity index (χ2v) is 8.70. The Labute approximate surface area is 210 Å². The van der Waals surface area contributed by atoms with Crippen molar-refractivity contribution in [3.63, 3.8) is 0 Å². The fourth-order valence-corrected chi connectivity index (χ4v) is 4.56. The monoisotopic (exact) mass is 506 g/mol. The number of halogens is 2. The number of carbonyl (C=O) groups excluding carboxylic acids is 2. The summed E-state index contributed by atoms with van der Waals surface area (Å²) in [4.78, 5) is 32.5. The number of rotatable bonds is 7. The number of aromatic nitrogens is 1. The minimum Gasteiger partial charge on any atom is -0.503 e. The van der Waals surface area contributed by atoms with E-state index >= 15 is 0 Å². The summed E-state index contributed by atoms with van der Waals surface area (Å²) in [7, 11) is 1.45. The Morgan fingerprint density at radius 2 is 1.97 bits per heavy atom. The number of aliphatic hydroxyl groups excluding tert-OH is 1. The zero-order chi connectivity index (χ0) is 25.4. The molecule has 0 bridgehead atoms. The first-order valence-corrected chi connectivity index (χ1v) is 11.5. The second-order valence-electron chi connectivity index (χ2n) is 8.26. The van der Waals surface area contributed by atoms with Crippen molar-refractivity contribution >= 4 is 34.3 Å². The molecule has 1 amide bonds. The molecule has 0 fully saturated rings. The lowest BCUT2D eigenvalue weighted by Gasteiger charge is -2.25. The fourth-order valence-electron chi connectivity index (χ4n) is 4.34. The summed E-state index contributed by atoms with van der Waals surface area (Å²) >= 11 is 6.14. The van der Waals surface area contributed by atoms with Gasteiger partial charge in [-0.25, -0.2) is 4.39 Å². The molecule has 1 N–H and O–H groups in total. The van der Waals surface area contributed by atoms with E-state index in [4.69, 9.17) is 20.8 Å². The summed E-state index contributed by atoms with van der Waals surface area (Å²) < 4.78 is 24.4. The average Bonchev–Trinajstić information content (AvgIpc) is 3.42. The molecule has 0 radical (unpaired) electrons. The first-order chi connectivity index (χ1) is 17.4. The fraction of sp³-hybridized carbons (Fsp3) is 0.148. The molecule has 2 aromatic carbocycles. The predicted octanol–water partition coefficient (Wildman–Crippen LogP) is 5.45. The van der Waals surface area contributed by atoms with E-state index in [0.717, 1.165) is 5.56 Å². The summed E-state index contributed by atoms with van der Waals surface area (Å²) in [5.74, 6) is -2.12. The highest BCUT2D eigenvalue weighted by Gasteiger charge is 2.45. The van der Waals surface area contributed by atoms with E-state index in [0.29, 0.717) is 33.9 Å². The Kier molecular flexibility index (Phi) is 6.20. The average molecular weight is 507 g/mol. The van der Waals surface area contributed by atoms with Crippen molar-refractivity contribution in [3.8, 4) is 5.75 Å². The largest absolute Gasteiger partial charge is 0.503 e. The number of ether oxygens (including phenoxy) is 1. The zero-order valence-electron chi connectivity index (χ0n) is 19.1. The van der Waals surface area contributed by atoms with Gasteiger partial charge in [0.25, 0.3) is 5.91 Å². The SMILES string of the molecule is COc1cc(Cl)cc2cc(C(=O)C3=C(O)C(=O)N(CCc4ccc(F)cc4)C3c3ccccn3)oc12. The molecule has 0 spiro atoms. The van der Waals surface area contributed by atoms with Crippen LogP contribution in [0.1, 0.15) is 27.9 Å². The minimum atomic E-state index is -0.939. The van der Waals surface area contributed by atoms with Crippen molar-refractivity contribution in [1.82, 2.24) is 9.88 Å². The Bertz CT molecular complexity index is 1500. The number of amides is 1. The van der Waals surface area contributed by atoms with E-state index in [1.807, 2.05) is 0 Å². The normalized spacial score (nSPS) is 15.7. The van der Waals surface area contributed by atoms with Gasteiger partial charge >= 0.3 is 0 Å². The van der Waals surface area contributed by atoms with E-state index in [-0.39, 0.29) is 23.7 Å². The van der Waals surface area contributed by atoms with Crippen LogP contribution in [0.15, 0.2) is 82.6 Å². The Balaban J connectivity index is 1.53. The molecule has 0 aliphatic carbocycles. The maximum Gasteiger partial charge on any atom is 0.290 e. The summed E-state index contributed by atoms with van der Waals surface area (Å²) in [5, 5.41) is 11.8. The van der Waals surface area contributed by atoms with Gasteiger partial charge in [0.15, 0.2) is 22.9 Å². The standard InChI is InChI=1S/C27H20ClFN2O5/c1-35-21-14-17(28)12-16-13-20(36-26(16)21)24(32)22-23(19-4-2-3-10-30-19)31(27(34)25(22)33)11-9-15-5-7-18(29)8-6-15/h2-8,10,12-14,23,33H,9,11H2,1H3. The number of Topliss-reactive ketones (excluding diaryl/α,β-unsaturated/α-hetero) is 1. The molecule has 9 heteroatoms. The molecule has 3 heterocycles. The van der Waals surface area contributed by atoms with Crippen LogP contribution in [0.4, 0.5) is 4.39 Å². The van der Waals surface area contributed by atoms with Crippen LogP contribution in [0, 0.1) is 5.82 Å². The third-order valence-electron chi connectivity index (χ3n) is 6.06. The van der Waals surface area contributed by atoms with E-state index in [2.05, 4.69) is 4.98 Å². The number of nitrogens with zero attached hydrogens (tertiary/aromatic N) is 2. The molecule has 36 heavy (non-hydrogen) atoms. The van der Waals surface area contributed by atoms with E-state index in [9.17, 15) is 19.1 Å². The van der Waals surface area contributed by atoms with Crippen molar-refractivity contribution in [2.24, 2.45) is 0 Å². The number of aliphatic hydroxyl groups is 1. The molecule has 2 aromatic heterocycles. The quantitative estimate of drug-likeness (QED) is 0.335. The molecule has 7 nitrogen and oxygen atoms in total. The molecular formula is C27H20ClFN2O5. The third-order valence-corrected chi connectivity index (χ3v) is 6.28. The molecule has 1 aliphatic rings. The lowest BCUT2D eigenvalue weighted by atomic mass is 9.98. The maximum absolute atomic E-state index is 13.7. The highest BCUT2D eigenvalue weighted by Crippen LogP contribution is 2.40. The number of fused-ring (bicyclic) bond motifs is 1. The Hall–Kier alpha value is -4.17. The van der Waals surface area contributed by atoms with Crippen LogP contribution < -0.4 is 4.74 Å². The second kappa shape index (κ2) is 9.47. The summed E-state index contributed by atoms with van der Waals surface area (Å²) in [6.07, 6.45) is 1.92. The summed E-state index contributed by atoms with van der Waals surface area (Å²) in [6.45, 7) is 0.163. The number of furan rings is 1. The van der Waals surface area contributed by atoms with E-state index < -0.39 is 23.5 Å². The van der Waals surface area contributed by atoms with Gasteiger partial charge in [-0.15, -0.1) is 0 Å². The van der Waals surface area contributed by atoms with Crippen LogP contribution in [0.5, 0.6) is 5.75 Å². The lowest BCUT2D eigenvalue weighted by molar-refractivity contribution is -0.129. The molecule has 0 saturated heterocycles. The van der Waals surface area contributed by atoms with Gasteiger partial charge in [0.05, 0.1) is 18.4 Å². The number of carbonyl (C=O) groups is 2. The number of ketones is 1. The highest BCUT2D eigenvalue weighted by atomic mass is 35.5. The van der Waals surface area contributed by atoms with Crippen LogP contribution in [0.2, 0.25) is 5.02 Å². The number of pyridine rings is 1. The number of hydrogen-bond donors (Lipinski definition) is 1. The van der Waals surface area contributed by atoms with Gasteiger partial charge in [-0.05, 0) is 48.4 Å². The van der Waals surface area contributed by atoms with Crippen LogP contribution in [0.25, 0.3) is 11.0 Å². The smallest absolute Gasteiger partial charge is 0.290 e. The first-order valence-electron chi connectivity index (χ1n) is 11.1. The highest BCUT2D eigenvalue weighted by molar-refractivity contribution is 6.31. The minimum absolute atomic E-state index is 0.0822. The van der Waals surface area contributed by atoms with Gasteiger partial charge in [0.1, 0.15) is 11.9 Å². The van der Waals surface area contributed by atoms with Crippen molar-refractivity contribution in [2.45, 2.75) is 12.5 Å². The molecular weight excluding hydrogens is 487 g/mol. The Morgan fingerprint density at radius 1 is 1.19 bits per heavy atom. The van der Waals surface area contributed by atoms with Gasteiger partial charge in [0, 0.05) is 29.2 Å². The van der Waals surface area contributed by atoms with Gasteiger partial charge < -0.3 is 19.2 Å². The van der Waals surface area contributed by atoms with Crippen LogP contribution in [-0.2, 0) is 11.2 Å². The molecule has 182 valence electrons. The van der Waals surface area contributed by atoms with Gasteiger partial charge in [-0.3, -0.25) is 14.6 Å². The van der Waals surface area contributed by atoms with E-state index in [1.54, 1.807) is 48.7 Å². The van der Waals surface area contributed by atoms with Crippen LogP contribution in [0.3, 0.4) is 0 Å². The van der Waals surface area contributed by atoms with Gasteiger partial charge in [0.2, 0.25) is 5.78 Å². The summed E-state index contributed by atoms with van der Waals surface area (Å²) in [6, 6.07) is 14.8. The van der Waals surface area contributed by atoms with Gasteiger partial charge in [-0.2, -0.15) is 0 Å². The third kappa shape index (κ3) is 4.20. The lowest BCUT2D eigenvalue weighted by Crippen LogP contribution is -2.33. The molecule has 1 atom stereocenters. The van der Waals surface area contributed by atoms with Crippen LogP contribution >= 0.6 is 11.6 Å². The van der Waals surface area contributed by atoms with E-state index in [1.165, 1.54) is 30.2 Å². The maximum atomic E-state index is 13.7. The molecule has 1 unspecified atom stereocenters. The topological polar surface area (TPSA) is 92.9 Å². The predicted molar refractivity (Wildman–Crippen MR) is 131 cm³/mol. The van der Waals surface area contributed by atoms with Crippen molar-refractivity contribution in [2.75, 3.05) is 13.7 Å². The number of methoxy groups -OCH3 is 1. The number of benzene rings is 2. The molecule has 4 aromatic rings. The summed E-state index contributed by atoms with van der Waals surface area (Å²) in [5.41, 5.74) is 1.39. The van der Waals surface area contributed by atoms with Crippen molar-refractivity contribution < 1.29 is 28.2 Å². The molecule has 5 rings (SSSR count). The van der Waals surface area contributed by atoms with Crippen molar-refractivity contribution in [3.05, 3.63) is 106 Å².